The fourth-order valence-corrected chi connectivity index (χ4v) is 3.48. The lowest BCUT2D eigenvalue weighted by atomic mass is 10.1. The number of benzene rings is 1. The molecular weight excluding hydrogens is 372 g/mol. The lowest BCUT2D eigenvalue weighted by Crippen LogP contribution is -2.44. The highest BCUT2D eigenvalue weighted by Gasteiger charge is 2.24. The standard InChI is InChI=1S/C20H20N6O3/c1-24-19-17(11-23-24)20(28)26(13-22-19)12-18(27)25-7-5-15(6-8-25)29-16-4-2-3-14(9-16)10-21/h2-4,9,11,13,15H,5-8,12H2,1H3. The van der Waals surface area contributed by atoms with Gasteiger partial charge in [-0.3, -0.25) is 18.8 Å². The van der Waals surface area contributed by atoms with Crippen LogP contribution in [0, 0.1) is 11.3 Å². The Morgan fingerprint density at radius 1 is 1.34 bits per heavy atom. The van der Waals surface area contributed by atoms with Crippen molar-refractivity contribution in [2.75, 3.05) is 13.1 Å². The lowest BCUT2D eigenvalue weighted by Gasteiger charge is -2.32. The van der Waals surface area contributed by atoms with Crippen molar-refractivity contribution in [3.05, 3.63) is 52.7 Å². The number of hydrogen-bond donors (Lipinski definition) is 0. The van der Waals surface area contributed by atoms with Gasteiger partial charge in [0, 0.05) is 33.0 Å². The number of ether oxygens (including phenoxy) is 1. The number of fused-ring (bicyclic) bond motifs is 1. The van der Waals surface area contributed by atoms with Gasteiger partial charge in [0.05, 0.1) is 17.8 Å². The Hall–Kier alpha value is -3.67. The molecule has 0 aliphatic carbocycles. The summed E-state index contributed by atoms with van der Waals surface area (Å²) in [5.41, 5.74) is 0.781. The lowest BCUT2D eigenvalue weighted by molar-refractivity contribution is -0.133. The van der Waals surface area contributed by atoms with Crippen LogP contribution < -0.4 is 10.3 Å². The van der Waals surface area contributed by atoms with E-state index in [4.69, 9.17) is 10.00 Å². The molecule has 4 rings (SSSR count). The van der Waals surface area contributed by atoms with Crippen LogP contribution in [0.1, 0.15) is 18.4 Å². The number of likely N-dealkylation sites (tertiary alicyclic amines) is 1. The van der Waals surface area contributed by atoms with Crippen LogP contribution in [0.5, 0.6) is 5.75 Å². The normalized spacial score (nSPS) is 14.7. The minimum Gasteiger partial charge on any atom is -0.490 e. The molecule has 1 saturated heterocycles. The molecule has 0 bridgehead atoms. The number of hydrogen-bond acceptors (Lipinski definition) is 6. The summed E-state index contributed by atoms with van der Waals surface area (Å²) in [7, 11) is 1.72. The van der Waals surface area contributed by atoms with Crippen LogP contribution >= 0.6 is 0 Å². The summed E-state index contributed by atoms with van der Waals surface area (Å²) in [5, 5.41) is 13.4. The summed E-state index contributed by atoms with van der Waals surface area (Å²) >= 11 is 0. The van der Waals surface area contributed by atoms with E-state index < -0.39 is 0 Å². The summed E-state index contributed by atoms with van der Waals surface area (Å²) in [5.74, 6) is 0.540. The minimum absolute atomic E-state index is 0.0101. The van der Waals surface area contributed by atoms with Crippen molar-refractivity contribution in [1.82, 2.24) is 24.2 Å². The minimum atomic E-state index is -0.271. The van der Waals surface area contributed by atoms with Crippen LogP contribution in [0.3, 0.4) is 0 Å². The zero-order valence-electron chi connectivity index (χ0n) is 16.0. The molecule has 0 unspecified atom stereocenters. The smallest absolute Gasteiger partial charge is 0.264 e. The van der Waals surface area contributed by atoms with Crippen molar-refractivity contribution >= 4 is 16.9 Å². The molecule has 3 heterocycles. The van der Waals surface area contributed by atoms with E-state index in [1.807, 2.05) is 6.07 Å². The van der Waals surface area contributed by atoms with Gasteiger partial charge in [0.25, 0.3) is 5.56 Å². The predicted molar refractivity (Wildman–Crippen MR) is 104 cm³/mol. The van der Waals surface area contributed by atoms with Gasteiger partial charge in [-0.15, -0.1) is 0 Å². The van der Waals surface area contributed by atoms with Gasteiger partial charge in [0.15, 0.2) is 5.65 Å². The van der Waals surface area contributed by atoms with E-state index in [0.29, 0.717) is 48.3 Å². The van der Waals surface area contributed by atoms with Crippen molar-refractivity contribution in [1.29, 1.82) is 5.26 Å². The van der Waals surface area contributed by atoms with E-state index >= 15 is 0 Å². The highest BCUT2D eigenvalue weighted by Crippen LogP contribution is 2.20. The fraction of sp³-hybridized carbons (Fsp3) is 0.350. The molecule has 3 aromatic rings. The molecule has 0 atom stereocenters. The van der Waals surface area contributed by atoms with Crippen molar-refractivity contribution < 1.29 is 9.53 Å². The molecule has 0 N–H and O–H groups in total. The summed E-state index contributed by atoms with van der Waals surface area (Å²) in [6.45, 7) is 1.06. The molecule has 29 heavy (non-hydrogen) atoms. The molecular formula is C20H20N6O3. The van der Waals surface area contributed by atoms with Gasteiger partial charge in [-0.05, 0) is 18.2 Å². The molecule has 2 aromatic heterocycles. The van der Waals surface area contributed by atoms with Gasteiger partial charge in [-0.25, -0.2) is 4.98 Å². The first-order chi connectivity index (χ1) is 14.0. The molecule has 9 heteroatoms. The number of carbonyl (C=O) groups is 1. The quantitative estimate of drug-likeness (QED) is 0.658. The molecule has 1 aliphatic rings. The number of aryl methyl sites for hydroxylation is 1. The number of amides is 1. The third-order valence-corrected chi connectivity index (χ3v) is 5.08. The van der Waals surface area contributed by atoms with Crippen LogP contribution in [-0.4, -0.2) is 49.3 Å². The first-order valence-electron chi connectivity index (χ1n) is 9.37. The maximum absolute atomic E-state index is 12.7. The first-order valence-corrected chi connectivity index (χ1v) is 9.37. The van der Waals surface area contributed by atoms with Crippen molar-refractivity contribution in [2.45, 2.75) is 25.5 Å². The Balaban J connectivity index is 1.36. The zero-order valence-corrected chi connectivity index (χ0v) is 16.0. The number of carbonyl (C=O) groups excluding carboxylic acids is 1. The number of nitriles is 1. The maximum Gasteiger partial charge on any atom is 0.264 e. The van der Waals surface area contributed by atoms with Gasteiger partial charge in [0.1, 0.15) is 30.1 Å². The Morgan fingerprint density at radius 3 is 2.90 bits per heavy atom. The van der Waals surface area contributed by atoms with Crippen LogP contribution in [0.15, 0.2) is 41.6 Å². The molecule has 0 saturated carbocycles. The second-order valence-electron chi connectivity index (χ2n) is 7.02. The molecule has 148 valence electrons. The SMILES string of the molecule is Cn1ncc2c(=O)n(CC(=O)N3CCC(Oc4cccc(C#N)c4)CC3)cnc21. The Bertz CT molecular complexity index is 1150. The van der Waals surface area contributed by atoms with Crippen LogP contribution in [0.25, 0.3) is 11.0 Å². The van der Waals surface area contributed by atoms with Crippen molar-refractivity contribution in [3.8, 4) is 11.8 Å². The monoisotopic (exact) mass is 392 g/mol. The second-order valence-corrected chi connectivity index (χ2v) is 7.02. The predicted octanol–water partition coefficient (Wildman–Crippen LogP) is 1.07. The van der Waals surface area contributed by atoms with E-state index in [1.165, 1.54) is 21.8 Å². The topological polar surface area (TPSA) is 106 Å². The average molecular weight is 392 g/mol. The van der Waals surface area contributed by atoms with Crippen LogP contribution in [0.4, 0.5) is 0 Å². The summed E-state index contributed by atoms with van der Waals surface area (Å²) < 4.78 is 8.80. The number of nitrogens with zero attached hydrogens (tertiary/aromatic N) is 6. The average Bonchev–Trinajstić information content (AvgIpc) is 3.12. The molecule has 1 aromatic carbocycles. The molecule has 1 amide bonds. The van der Waals surface area contributed by atoms with Crippen LogP contribution in [-0.2, 0) is 18.4 Å². The van der Waals surface area contributed by atoms with E-state index in [9.17, 15) is 9.59 Å². The van der Waals surface area contributed by atoms with E-state index in [1.54, 1.807) is 30.1 Å². The number of piperidine rings is 1. The van der Waals surface area contributed by atoms with Crippen molar-refractivity contribution in [2.24, 2.45) is 7.05 Å². The summed E-state index contributed by atoms with van der Waals surface area (Å²) in [6.07, 6.45) is 4.23. The van der Waals surface area contributed by atoms with E-state index in [0.717, 1.165) is 0 Å². The number of aromatic nitrogens is 4. The Kier molecular flexibility index (Phi) is 4.99. The first kappa shape index (κ1) is 18.7. The molecule has 9 nitrogen and oxygen atoms in total. The van der Waals surface area contributed by atoms with Gasteiger partial charge >= 0.3 is 0 Å². The molecule has 0 spiro atoms. The van der Waals surface area contributed by atoms with Gasteiger partial charge in [0.2, 0.25) is 5.91 Å². The zero-order chi connectivity index (χ0) is 20.4. The highest BCUT2D eigenvalue weighted by molar-refractivity contribution is 5.77. The third-order valence-electron chi connectivity index (χ3n) is 5.08. The summed E-state index contributed by atoms with van der Waals surface area (Å²) in [6, 6.07) is 9.15. The third kappa shape index (κ3) is 3.82. The van der Waals surface area contributed by atoms with Gasteiger partial charge in [-0.2, -0.15) is 10.4 Å². The Morgan fingerprint density at radius 2 is 2.14 bits per heavy atom. The second kappa shape index (κ2) is 7.75. The number of rotatable bonds is 4. The van der Waals surface area contributed by atoms with Gasteiger partial charge in [-0.1, -0.05) is 6.07 Å². The fourth-order valence-electron chi connectivity index (χ4n) is 3.48. The van der Waals surface area contributed by atoms with E-state index in [2.05, 4.69) is 16.2 Å². The highest BCUT2D eigenvalue weighted by atomic mass is 16.5. The molecule has 0 radical (unpaired) electrons. The summed E-state index contributed by atoms with van der Waals surface area (Å²) in [4.78, 5) is 31.1. The molecule has 1 fully saturated rings. The molecule has 1 aliphatic heterocycles. The van der Waals surface area contributed by atoms with E-state index in [-0.39, 0.29) is 24.1 Å². The van der Waals surface area contributed by atoms with Crippen LogP contribution in [0.2, 0.25) is 0 Å². The maximum atomic E-state index is 12.7. The largest absolute Gasteiger partial charge is 0.490 e. The Labute approximate surface area is 166 Å². The van der Waals surface area contributed by atoms with Crippen molar-refractivity contribution in [3.63, 3.8) is 0 Å². The van der Waals surface area contributed by atoms with Gasteiger partial charge < -0.3 is 9.64 Å².